The predicted octanol–water partition coefficient (Wildman–Crippen LogP) is 0.136. The van der Waals surface area contributed by atoms with Crippen molar-refractivity contribution in [1.29, 1.82) is 0 Å². The van der Waals surface area contributed by atoms with Gasteiger partial charge in [-0.05, 0) is 18.8 Å². The topological polar surface area (TPSA) is 98.3 Å². The molecule has 3 unspecified atom stereocenters. The number of hydrogen-bond acceptors (Lipinski definition) is 4. The van der Waals surface area contributed by atoms with Crippen LogP contribution in [-0.4, -0.2) is 50.5 Å². The smallest absolute Gasteiger partial charge is 0.326 e. The van der Waals surface area contributed by atoms with Crippen molar-refractivity contribution in [3.63, 3.8) is 0 Å². The van der Waals surface area contributed by atoms with E-state index in [9.17, 15) is 14.7 Å². The first kappa shape index (κ1) is 14.1. The maximum atomic E-state index is 12.7. The fraction of sp³-hybridized carbons (Fsp3) is 0.643. The third-order valence-electron chi connectivity index (χ3n) is 4.50. The van der Waals surface area contributed by atoms with Gasteiger partial charge in [-0.1, -0.05) is 6.92 Å². The first-order valence-corrected chi connectivity index (χ1v) is 7.35. The highest BCUT2D eigenvalue weighted by atomic mass is 16.4. The van der Waals surface area contributed by atoms with Crippen LogP contribution in [-0.2, 0) is 22.6 Å². The molecule has 0 aliphatic carbocycles. The molecule has 0 spiro atoms. The number of aliphatic carboxylic acids is 1. The van der Waals surface area contributed by atoms with E-state index in [1.54, 1.807) is 6.33 Å². The number of carbonyl (C=O) groups is 2. The third kappa shape index (κ3) is 2.53. The van der Waals surface area contributed by atoms with Crippen LogP contribution in [0.5, 0.6) is 0 Å². The molecule has 3 heterocycles. The van der Waals surface area contributed by atoms with Gasteiger partial charge in [-0.2, -0.15) is 0 Å². The molecule has 3 rings (SSSR count). The summed E-state index contributed by atoms with van der Waals surface area (Å²) < 4.78 is 0. The van der Waals surface area contributed by atoms with Gasteiger partial charge in [-0.15, -0.1) is 0 Å². The lowest BCUT2D eigenvalue weighted by atomic mass is 9.89. The monoisotopic (exact) mass is 292 g/mol. The average molecular weight is 292 g/mol. The quantitative estimate of drug-likeness (QED) is 0.720. The van der Waals surface area contributed by atoms with E-state index in [1.165, 1.54) is 4.90 Å². The molecule has 3 N–H and O–H groups in total. The molecular weight excluding hydrogens is 272 g/mol. The van der Waals surface area contributed by atoms with Crippen LogP contribution in [0.4, 0.5) is 0 Å². The molecule has 2 aliphatic rings. The third-order valence-corrected chi connectivity index (χ3v) is 4.50. The number of hydrogen-bond donors (Lipinski definition) is 3. The van der Waals surface area contributed by atoms with E-state index in [2.05, 4.69) is 15.3 Å². The minimum Gasteiger partial charge on any atom is -0.480 e. The van der Waals surface area contributed by atoms with Crippen molar-refractivity contribution in [3.8, 4) is 0 Å². The first-order valence-electron chi connectivity index (χ1n) is 7.35. The van der Waals surface area contributed by atoms with Crippen LogP contribution in [0.1, 0.15) is 31.2 Å². The highest BCUT2D eigenvalue weighted by Gasteiger charge is 2.40. The summed E-state index contributed by atoms with van der Waals surface area (Å²) in [6.45, 7) is 2.98. The molecular formula is C14H20N4O3. The molecule has 1 fully saturated rings. The molecule has 1 aromatic rings. The SMILES string of the molecule is CC1CCCN(C(=O)C2Cc3nc[nH]c3CN2)C1C(=O)O. The molecule has 1 aromatic heterocycles. The minimum absolute atomic E-state index is 0.00950. The molecule has 7 heteroatoms. The second-order valence-corrected chi connectivity index (χ2v) is 5.90. The number of H-pyrrole nitrogens is 1. The summed E-state index contributed by atoms with van der Waals surface area (Å²) in [5.74, 6) is -1.04. The van der Waals surface area contributed by atoms with Gasteiger partial charge in [0, 0.05) is 19.5 Å². The summed E-state index contributed by atoms with van der Waals surface area (Å²) in [5.41, 5.74) is 1.89. The summed E-state index contributed by atoms with van der Waals surface area (Å²) >= 11 is 0. The van der Waals surface area contributed by atoms with Crippen molar-refractivity contribution in [3.05, 3.63) is 17.7 Å². The number of imidazole rings is 1. The Hall–Kier alpha value is -1.89. The minimum atomic E-state index is -0.910. The Morgan fingerprint density at radius 2 is 2.29 bits per heavy atom. The first-order chi connectivity index (χ1) is 10.1. The van der Waals surface area contributed by atoms with Crippen LogP contribution in [0.2, 0.25) is 0 Å². The molecule has 0 bridgehead atoms. The zero-order chi connectivity index (χ0) is 15.0. The van der Waals surface area contributed by atoms with Gasteiger partial charge in [-0.3, -0.25) is 10.1 Å². The molecule has 1 saturated heterocycles. The van der Waals surface area contributed by atoms with Gasteiger partial charge in [0.15, 0.2) is 0 Å². The van der Waals surface area contributed by atoms with E-state index < -0.39 is 12.0 Å². The van der Waals surface area contributed by atoms with Gasteiger partial charge in [0.25, 0.3) is 0 Å². The Morgan fingerprint density at radius 3 is 3.05 bits per heavy atom. The van der Waals surface area contributed by atoms with Crippen LogP contribution in [0.3, 0.4) is 0 Å². The van der Waals surface area contributed by atoms with E-state index >= 15 is 0 Å². The summed E-state index contributed by atoms with van der Waals surface area (Å²) in [6, 6.07) is -1.10. The van der Waals surface area contributed by atoms with Crippen molar-refractivity contribution in [1.82, 2.24) is 20.2 Å². The number of carboxylic acids is 1. The number of fused-ring (bicyclic) bond motifs is 1. The molecule has 3 atom stereocenters. The van der Waals surface area contributed by atoms with Gasteiger partial charge in [0.1, 0.15) is 6.04 Å². The van der Waals surface area contributed by atoms with Gasteiger partial charge in [0.2, 0.25) is 5.91 Å². The molecule has 2 aliphatic heterocycles. The standard InChI is InChI=1S/C14H20N4O3/c1-8-3-2-4-18(12(8)14(20)21)13(19)10-5-9-11(6-15-10)17-7-16-9/h7-8,10,12,15H,2-6H2,1H3,(H,16,17)(H,20,21). The van der Waals surface area contributed by atoms with E-state index in [-0.39, 0.29) is 17.9 Å². The molecule has 0 aromatic carbocycles. The Labute approximate surface area is 122 Å². The largest absolute Gasteiger partial charge is 0.480 e. The van der Waals surface area contributed by atoms with Crippen molar-refractivity contribution >= 4 is 11.9 Å². The number of piperidine rings is 1. The van der Waals surface area contributed by atoms with Crippen LogP contribution < -0.4 is 5.32 Å². The van der Waals surface area contributed by atoms with Crippen LogP contribution >= 0.6 is 0 Å². The van der Waals surface area contributed by atoms with Gasteiger partial charge in [0.05, 0.1) is 23.8 Å². The van der Waals surface area contributed by atoms with E-state index in [1.807, 2.05) is 6.92 Å². The maximum absolute atomic E-state index is 12.7. The Balaban J connectivity index is 1.76. The number of likely N-dealkylation sites (tertiary alicyclic amines) is 1. The summed E-state index contributed by atoms with van der Waals surface area (Å²) in [6.07, 6.45) is 3.84. The van der Waals surface area contributed by atoms with Crippen LogP contribution in [0, 0.1) is 5.92 Å². The second kappa shape index (κ2) is 5.48. The predicted molar refractivity (Wildman–Crippen MR) is 74.5 cm³/mol. The Kier molecular flexibility index (Phi) is 3.67. The Bertz CT molecular complexity index is 556. The summed E-state index contributed by atoms with van der Waals surface area (Å²) in [5, 5.41) is 12.6. The number of aromatic nitrogens is 2. The molecule has 1 amide bonds. The number of amides is 1. The lowest BCUT2D eigenvalue weighted by molar-refractivity contribution is -0.155. The van der Waals surface area contributed by atoms with E-state index in [0.29, 0.717) is 19.5 Å². The number of rotatable bonds is 2. The van der Waals surface area contributed by atoms with Crippen LogP contribution in [0.15, 0.2) is 6.33 Å². The molecule has 0 saturated carbocycles. The van der Waals surface area contributed by atoms with Crippen molar-refractivity contribution < 1.29 is 14.7 Å². The number of aromatic amines is 1. The van der Waals surface area contributed by atoms with Gasteiger partial charge >= 0.3 is 5.97 Å². The van der Waals surface area contributed by atoms with Crippen molar-refractivity contribution in [2.75, 3.05) is 6.54 Å². The average Bonchev–Trinajstić information content (AvgIpc) is 2.93. The fourth-order valence-corrected chi connectivity index (χ4v) is 3.36. The molecule has 7 nitrogen and oxygen atoms in total. The van der Waals surface area contributed by atoms with Crippen molar-refractivity contribution in [2.45, 2.75) is 44.8 Å². The second-order valence-electron chi connectivity index (χ2n) is 5.90. The maximum Gasteiger partial charge on any atom is 0.326 e. The lowest BCUT2D eigenvalue weighted by Crippen LogP contribution is -2.58. The van der Waals surface area contributed by atoms with Crippen LogP contribution in [0.25, 0.3) is 0 Å². The zero-order valence-electron chi connectivity index (χ0n) is 12.0. The number of carboxylic acid groups (broad SMARTS) is 1. The number of nitrogens with zero attached hydrogens (tertiary/aromatic N) is 2. The van der Waals surface area contributed by atoms with E-state index in [4.69, 9.17) is 0 Å². The lowest BCUT2D eigenvalue weighted by Gasteiger charge is -2.39. The molecule has 21 heavy (non-hydrogen) atoms. The van der Waals surface area contributed by atoms with E-state index in [0.717, 1.165) is 24.2 Å². The van der Waals surface area contributed by atoms with Gasteiger partial charge < -0.3 is 15.0 Å². The summed E-state index contributed by atoms with van der Waals surface area (Å²) in [7, 11) is 0. The highest BCUT2D eigenvalue weighted by Crippen LogP contribution is 2.25. The highest BCUT2D eigenvalue weighted by molar-refractivity contribution is 5.87. The summed E-state index contributed by atoms with van der Waals surface area (Å²) in [4.78, 5) is 33.0. The number of nitrogens with one attached hydrogen (secondary N) is 2. The number of carbonyl (C=O) groups excluding carboxylic acids is 1. The van der Waals surface area contributed by atoms with Gasteiger partial charge in [-0.25, -0.2) is 9.78 Å². The zero-order valence-corrected chi connectivity index (χ0v) is 12.0. The van der Waals surface area contributed by atoms with Crippen molar-refractivity contribution in [2.24, 2.45) is 5.92 Å². The Morgan fingerprint density at radius 1 is 1.48 bits per heavy atom. The molecule has 0 radical (unpaired) electrons. The normalized spacial score (nSPS) is 29.0. The molecule has 114 valence electrons. The fourth-order valence-electron chi connectivity index (χ4n) is 3.36.